The predicted molar refractivity (Wildman–Crippen MR) is 58.3 cm³/mol. The summed E-state index contributed by atoms with van der Waals surface area (Å²) in [7, 11) is -3.34. The minimum atomic E-state index is -3.34. The number of halogens is 1. The molecule has 7 heteroatoms. The summed E-state index contributed by atoms with van der Waals surface area (Å²) in [4.78, 5) is 11.0. The van der Waals surface area contributed by atoms with Crippen LogP contribution >= 0.6 is 11.6 Å². The van der Waals surface area contributed by atoms with E-state index in [2.05, 4.69) is 5.32 Å². The number of hydrogen-bond donors (Lipinski definition) is 1. The van der Waals surface area contributed by atoms with Crippen molar-refractivity contribution in [3.05, 3.63) is 0 Å². The van der Waals surface area contributed by atoms with Crippen LogP contribution in [0.25, 0.3) is 0 Å². The molecule has 0 aromatic heterocycles. The lowest BCUT2D eigenvalue weighted by Crippen LogP contribution is -2.50. The number of nitrogens with one attached hydrogen (secondary N) is 1. The number of hydrogen-bond acceptors (Lipinski definition) is 3. The smallest absolute Gasteiger partial charge is 0.235 e. The zero-order chi connectivity index (χ0) is 11.5. The van der Waals surface area contributed by atoms with Gasteiger partial charge < -0.3 is 5.32 Å². The molecule has 1 aliphatic heterocycles. The first kappa shape index (κ1) is 12.7. The van der Waals surface area contributed by atoms with Gasteiger partial charge in [-0.25, -0.2) is 8.42 Å². The number of amides is 1. The van der Waals surface area contributed by atoms with E-state index in [-0.39, 0.29) is 24.1 Å². The molecule has 1 N–H and O–H groups in total. The van der Waals surface area contributed by atoms with E-state index in [1.54, 1.807) is 6.92 Å². The Morgan fingerprint density at radius 1 is 1.60 bits per heavy atom. The summed E-state index contributed by atoms with van der Waals surface area (Å²) in [6.45, 7) is 2.43. The molecule has 0 bridgehead atoms. The zero-order valence-electron chi connectivity index (χ0n) is 8.57. The fourth-order valence-electron chi connectivity index (χ4n) is 1.36. The number of nitrogens with zero attached hydrogens (tertiary/aromatic N) is 1. The van der Waals surface area contributed by atoms with Gasteiger partial charge in [-0.2, -0.15) is 4.31 Å². The quantitative estimate of drug-likeness (QED) is 0.696. The Kier molecular flexibility index (Phi) is 4.36. The second kappa shape index (κ2) is 5.14. The minimum absolute atomic E-state index is 0.00375. The molecule has 1 amide bonds. The second-order valence-electron chi connectivity index (χ2n) is 3.72. The van der Waals surface area contributed by atoms with E-state index < -0.39 is 10.0 Å². The van der Waals surface area contributed by atoms with Crippen LogP contribution in [0.15, 0.2) is 0 Å². The number of rotatable bonds is 4. The molecule has 5 nitrogen and oxygen atoms in total. The number of carbonyl (C=O) groups is 1. The van der Waals surface area contributed by atoms with E-state index >= 15 is 0 Å². The van der Waals surface area contributed by atoms with E-state index in [0.29, 0.717) is 19.0 Å². The Morgan fingerprint density at radius 3 is 2.80 bits per heavy atom. The Morgan fingerprint density at radius 2 is 2.27 bits per heavy atom. The van der Waals surface area contributed by atoms with Crippen molar-refractivity contribution in [2.45, 2.75) is 6.92 Å². The molecule has 15 heavy (non-hydrogen) atoms. The summed E-state index contributed by atoms with van der Waals surface area (Å²) in [6, 6.07) is 0. The molecule has 0 saturated carbocycles. The normalized spacial score (nSPS) is 21.1. The summed E-state index contributed by atoms with van der Waals surface area (Å²) < 4.78 is 24.8. The number of carbonyl (C=O) groups excluding carboxylic acids is 1. The van der Waals surface area contributed by atoms with Gasteiger partial charge in [0.05, 0.1) is 12.3 Å². The van der Waals surface area contributed by atoms with Gasteiger partial charge in [-0.1, -0.05) is 6.92 Å². The molecule has 1 unspecified atom stereocenters. The Hall–Kier alpha value is -0.330. The van der Waals surface area contributed by atoms with Crippen LogP contribution in [0.3, 0.4) is 0 Å². The van der Waals surface area contributed by atoms with Crippen LogP contribution in [0.1, 0.15) is 6.92 Å². The van der Waals surface area contributed by atoms with E-state index in [9.17, 15) is 13.2 Å². The molecule has 1 heterocycles. The molecule has 0 aromatic rings. The molecule has 0 aromatic carbocycles. The standard InChI is InChI=1S/C8H15ClN2O3S/c1-7(4-9)6-15(13,14)11-3-2-10-8(12)5-11/h7H,2-6H2,1H3,(H,10,12). The lowest BCUT2D eigenvalue weighted by molar-refractivity contribution is -0.122. The van der Waals surface area contributed by atoms with Crippen molar-refractivity contribution in [3.63, 3.8) is 0 Å². The molecule has 1 fully saturated rings. The van der Waals surface area contributed by atoms with Crippen molar-refractivity contribution >= 4 is 27.5 Å². The molecule has 1 rings (SSSR count). The van der Waals surface area contributed by atoms with Crippen LogP contribution in [0.4, 0.5) is 0 Å². The van der Waals surface area contributed by atoms with Gasteiger partial charge in [-0.05, 0) is 5.92 Å². The van der Waals surface area contributed by atoms with Gasteiger partial charge in [0.25, 0.3) is 0 Å². The van der Waals surface area contributed by atoms with Gasteiger partial charge >= 0.3 is 0 Å². The third-order valence-electron chi connectivity index (χ3n) is 2.16. The van der Waals surface area contributed by atoms with Crippen molar-refractivity contribution in [1.82, 2.24) is 9.62 Å². The van der Waals surface area contributed by atoms with E-state index in [1.807, 2.05) is 0 Å². The van der Waals surface area contributed by atoms with E-state index in [4.69, 9.17) is 11.6 Å². The third kappa shape index (κ3) is 3.62. The van der Waals surface area contributed by atoms with Crippen LogP contribution in [0.2, 0.25) is 0 Å². The first-order chi connectivity index (χ1) is 6.95. The van der Waals surface area contributed by atoms with Gasteiger partial charge in [0.15, 0.2) is 0 Å². The highest BCUT2D eigenvalue weighted by molar-refractivity contribution is 7.89. The minimum Gasteiger partial charge on any atom is -0.354 e. The molecular weight excluding hydrogens is 240 g/mol. The summed E-state index contributed by atoms with van der Waals surface area (Å²) in [5.41, 5.74) is 0. The summed E-state index contributed by atoms with van der Waals surface area (Å²) in [6.07, 6.45) is 0. The molecular formula is C8H15ClN2O3S. The van der Waals surface area contributed by atoms with E-state index in [1.165, 1.54) is 4.31 Å². The van der Waals surface area contributed by atoms with Gasteiger partial charge in [-0.15, -0.1) is 11.6 Å². The average molecular weight is 255 g/mol. The number of piperazine rings is 1. The lowest BCUT2D eigenvalue weighted by atomic mass is 10.3. The summed E-state index contributed by atoms with van der Waals surface area (Å²) >= 11 is 5.56. The largest absolute Gasteiger partial charge is 0.354 e. The predicted octanol–water partition coefficient (Wildman–Crippen LogP) is -0.377. The maximum Gasteiger partial charge on any atom is 0.235 e. The highest BCUT2D eigenvalue weighted by atomic mass is 35.5. The van der Waals surface area contributed by atoms with Crippen molar-refractivity contribution in [1.29, 1.82) is 0 Å². The lowest BCUT2D eigenvalue weighted by Gasteiger charge is -2.26. The van der Waals surface area contributed by atoms with Crippen molar-refractivity contribution in [3.8, 4) is 0 Å². The molecule has 88 valence electrons. The molecule has 1 saturated heterocycles. The summed E-state index contributed by atoms with van der Waals surface area (Å²) in [5, 5.41) is 2.58. The maximum atomic E-state index is 11.8. The van der Waals surface area contributed by atoms with Crippen LogP contribution < -0.4 is 5.32 Å². The van der Waals surface area contributed by atoms with Gasteiger partial charge in [0, 0.05) is 19.0 Å². The summed E-state index contributed by atoms with van der Waals surface area (Å²) in [5.74, 6) is -0.0340. The maximum absolute atomic E-state index is 11.8. The Labute approximate surface area is 94.8 Å². The topological polar surface area (TPSA) is 66.5 Å². The van der Waals surface area contributed by atoms with Crippen LogP contribution in [-0.2, 0) is 14.8 Å². The first-order valence-electron chi connectivity index (χ1n) is 4.76. The fraction of sp³-hybridized carbons (Fsp3) is 0.875. The van der Waals surface area contributed by atoms with Crippen molar-refractivity contribution < 1.29 is 13.2 Å². The van der Waals surface area contributed by atoms with Gasteiger partial charge in [0.1, 0.15) is 0 Å². The van der Waals surface area contributed by atoms with Crippen LogP contribution in [0.5, 0.6) is 0 Å². The van der Waals surface area contributed by atoms with Crippen LogP contribution in [-0.4, -0.2) is 49.9 Å². The monoisotopic (exact) mass is 254 g/mol. The third-order valence-corrected chi connectivity index (χ3v) is 4.77. The molecule has 0 aliphatic carbocycles. The number of alkyl halides is 1. The fourth-order valence-corrected chi connectivity index (χ4v) is 3.33. The average Bonchev–Trinajstić information content (AvgIpc) is 2.17. The van der Waals surface area contributed by atoms with Crippen molar-refractivity contribution in [2.75, 3.05) is 31.3 Å². The highest BCUT2D eigenvalue weighted by Crippen LogP contribution is 2.09. The van der Waals surface area contributed by atoms with Gasteiger partial charge in [0.2, 0.25) is 15.9 Å². The van der Waals surface area contributed by atoms with Gasteiger partial charge in [-0.3, -0.25) is 4.79 Å². The SMILES string of the molecule is CC(CCl)CS(=O)(=O)N1CCNC(=O)C1. The molecule has 1 atom stereocenters. The second-order valence-corrected chi connectivity index (χ2v) is 6.04. The van der Waals surface area contributed by atoms with Crippen molar-refractivity contribution in [2.24, 2.45) is 5.92 Å². The molecule has 0 spiro atoms. The zero-order valence-corrected chi connectivity index (χ0v) is 10.1. The molecule has 1 aliphatic rings. The molecule has 0 radical (unpaired) electrons. The first-order valence-corrected chi connectivity index (χ1v) is 6.90. The Balaban J connectivity index is 2.64. The number of sulfonamides is 1. The highest BCUT2D eigenvalue weighted by Gasteiger charge is 2.28. The van der Waals surface area contributed by atoms with Crippen LogP contribution in [0, 0.1) is 5.92 Å². The van der Waals surface area contributed by atoms with E-state index in [0.717, 1.165) is 0 Å². The Bertz CT molecular complexity index is 331.